The lowest BCUT2D eigenvalue weighted by Crippen LogP contribution is -2.58. The van der Waals surface area contributed by atoms with Crippen LogP contribution in [0.4, 0.5) is 9.59 Å². The van der Waals surface area contributed by atoms with E-state index in [2.05, 4.69) is 40.4 Å². The van der Waals surface area contributed by atoms with Crippen molar-refractivity contribution in [2.45, 2.75) is 121 Å². The molecule has 2 bridgehead atoms. The van der Waals surface area contributed by atoms with Crippen LogP contribution >= 0.6 is 11.8 Å². The number of amides is 5. The molecule has 4 aliphatic rings. The van der Waals surface area contributed by atoms with E-state index in [4.69, 9.17) is 29.4 Å². The topological polar surface area (TPSA) is 255 Å². The van der Waals surface area contributed by atoms with Gasteiger partial charge in [-0.05, 0) is 64.9 Å². The SMILES string of the molecule is CO[C@H]1/C=C\C=C(/C)C(=O)NC2=CC(=O)C(NCCOCCOCCNC(=O)CCCCC3SCC4(C)NC(=O)NC34C)=C(C[C@@H](C)C[C@H](OC)[C@H](O)[C@@H](C)/C=C(\C)[C@@H]1OC(N)=O)C2=O. The van der Waals surface area contributed by atoms with Gasteiger partial charge in [0, 0.05) is 67.9 Å². The lowest BCUT2D eigenvalue weighted by Gasteiger charge is -2.35. The van der Waals surface area contributed by atoms with E-state index in [1.807, 2.05) is 18.7 Å². The van der Waals surface area contributed by atoms with Gasteiger partial charge in [0.25, 0.3) is 5.91 Å². The number of methoxy groups -OCH3 is 2. The van der Waals surface area contributed by atoms with Gasteiger partial charge >= 0.3 is 12.1 Å². The van der Waals surface area contributed by atoms with Crippen LogP contribution in [0.1, 0.15) is 80.1 Å². The van der Waals surface area contributed by atoms with Crippen LogP contribution < -0.4 is 32.3 Å². The Morgan fingerprint density at radius 3 is 2.37 bits per heavy atom. The number of nitrogens with two attached hydrogens (primary N) is 1. The lowest BCUT2D eigenvalue weighted by atomic mass is 9.79. The average Bonchev–Trinajstić information content (AvgIpc) is 3.63. The summed E-state index contributed by atoms with van der Waals surface area (Å²) in [5.41, 5.74) is 5.71. The predicted molar refractivity (Wildman–Crippen MR) is 245 cm³/mol. The van der Waals surface area contributed by atoms with Crippen LogP contribution in [0.2, 0.25) is 0 Å². The molecule has 0 aromatic rings. The molecule has 3 unspecified atom stereocenters. The quantitative estimate of drug-likeness (QED) is 0.0452. The first kappa shape index (κ1) is 53.1. The van der Waals surface area contributed by atoms with Crippen molar-refractivity contribution in [1.82, 2.24) is 26.6 Å². The Balaban J connectivity index is 1.28. The van der Waals surface area contributed by atoms with Crippen LogP contribution in [-0.4, -0.2) is 141 Å². The van der Waals surface area contributed by atoms with Gasteiger partial charge in [-0.3, -0.25) is 19.2 Å². The maximum absolute atomic E-state index is 14.0. The van der Waals surface area contributed by atoms with E-state index in [1.165, 1.54) is 27.2 Å². The molecule has 5 amide bonds. The number of thioether (sulfide) groups is 1. The van der Waals surface area contributed by atoms with Crippen molar-refractivity contribution in [3.05, 3.63) is 58.5 Å². The van der Waals surface area contributed by atoms with Crippen LogP contribution in [0, 0.1) is 11.8 Å². The summed E-state index contributed by atoms with van der Waals surface area (Å²) in [5.74, 6) is -1.57. The summed E-state index contributed by atoms with van der Waals surface area (Å²) in [6, 6.07) is -0.119. The van der Waals surface area contributed by atoms with Crippen LogP contribution in [-0.2, 0) is 42.9 Å². The van der Waals surface area contributed by atoms with Gasteiger partial charge in [0.1, 0.15) is 6.10 Å². The molecule has 1 aliphatic carbocycles. The predicted octanol–water partition coefficient (Wildman–Crippen LogP) is 3.01. The first-order chi connectivity index (χ1) is 30.8. The fourth-order valence-electron chi connectivity index (χ4n) is 8.53. The summed E-state index contributed by atoms with van der Waals surface area (Å²) in [6.45, 7) is 12.7. The maximum Gasteiger partial charge on any atom is 0.405 e. The van der Waals surface area contributed by atoms with E-state index < -0.39 is 53.9 Å². The van der Waals surface area contributed by atoms with Crippen molar-refractivity contribution in [2.24, 2.45) is 17.6 Å². The third kappa shape index (κ3) is 14.5. The number of nitrogens with one attached hydrogen (secondary N) is 5. The third-order valence-corrected chi connectivity index (χ3v) is 14.4. The molecule has 0 spiro atoms. The Morgan fingerprint density at radius 2 is 1.69 bits per heavy atom. The highest BCUT2D eigenvalue weighted by Crippen LogP contribution is 2.47. The third-order valence-electron chi connectivity index (χ3n) is 12.5. The van der Waals surface area contributed by atoms with Crippen molar-refractivity contribution in [3.63, 3.8) is 0 Å². The largest absolute Gasteiger partial charge is 0.439 e. The van der Waals surface area contributed by atoms with Crippen molar-refractivity contribution in [3.8, 4) is 0 Å². The van der Waals surface area contributed by atoms with Gasteiger partial charge in [0.05, 0.1) is 61.1 Å². The van der Waals surface area contributed by atoms with Gasteiger partial charge in [-0.1, -0.05) is 44.6 Å². The molecule has 2 fully saturated rings. The van der Waals surface area contributed by atoms with Crippen molar-refractivity contribution >= 4 is 47.3 Å². The molecule has 8 N–H and O–H groups in total. The second-order valence-electron chi connectivity index (χ2n) is 17.6. The van der Waals surface area contributed by atoms with Gasteiger partial charge in [-0.15, -0.1) is 0 Å². The summed E-state index contributed by atoms with van der Waals surface area (Å²) in [5, 5.41) is 26.4. The van der Waals surface area contributed by atoms with Gasteiger partial charge in [-0.25, -0.2) is 9.59 Å². The molecule has 65 heavy (non-hydrogen) atoms. The molecule has 19 heteroatoms. The number of primary amides is 1. The van der Waals surface area contributed by atoms with Crippen LogP contribution in [0.15, 0.2) is 58.5 Å². The van der Waals surface area contributed by atoms with E-state index >= 15 is 0 Å². The zero-order chi connectivity index (χ0) is 47.9. The van der Waals surface area contributed by atoms with E-state index in [-0.39, 0.29) is 89.5 Å². The number of ketones is 2. The van der Waals surface area contributed by atoms with Crippen molar-refractivity contribution in [1.29, 1.82) is 0 Å². The second-order valence-corrected chi connectivity index (χ2v) is 18.8. The number of hydrogen-bond donors (Lipinski definition) is 7. The molecule has 362 valence electrons. The van der Waals surface area contributed by atoms with Crippen LogP contribution in [0.5, 0.6) is 0 Å². The lowest BCUT2D eigenvalue weighted by molar-refractivity contribution is -0.121. The molecule has 0 radical (unpaired) electrons. The fraction of sp³-hybridized carbons (Fsp3) is 0.652. The molecule has 3 heterocycles. The Bertz CT molecular complexity index is 1900. The first-order valence-electron chi connectivity index (χ1n) is 22.3. The molecule has 18 nitrogen and oxygen atoms in total. The Kier molecular flexibility index (Phi) is 20.3. The number of ether oxygens (including phenoxy) is 5. The van der Waals surface area contributed by atoms with Gasteiger partial charge < -0.3 is 61.1 Å². The molecule has 0 aromatic heterocycles. The number of carbonyl (C=O) groups excluding carboxylic acids is 6. The highest BCUT2D eigenvalue weighted by molar-refractivity contribution is 8.00. The van der Waals surface area contributed by atoms with Crippen molar-refractivity contribution in [2.75, 3.05) is 59.5 Å². The zero-order valence-electron chi connectivity index (χ0n) is 39.0. The van der Waals surface area contributed by atoms with E-state index in [1.54, 1.807) is 32.1 Å². The zero-order valence-corrected chi connectivity index (χ0v) is 39.9. The summed E-state index contributed by atoms with van der Waals surface area (Å²) < 4.78 is 28.1. The summed E-state index contributed by atoms with van der Waals surface area (Å²) in [4.78, 5) is 77.1. The number of fused-ring (bicyclic) bond motifs is 3. The smallest absolute Gasteiger partial charge is 0.405 e. The van der Waals surface area contributed by atoms with Gasteiger partial charge in [-0.2, -0.15) is 11.8 Å². The van der Waals surface area contributed by atoms with E-state index in [9.17, 15) is 33.9 Å². The number of aliphatic hydroxyl groups is 1. The number of urea groups is 1. The van der Waals surface area contributed by atoms with Crippen LogP contribution in [0.25, 0.3) is 0 Å². The molecule has 2 saturated heterocycles. The monoisotopic (exact) mass is 930 g/mol. The fourth-order valence-corrected chi connectivity index (χ4v) is 10.4. The summed E-state index contributed by atoms with van der Waals surface area (Å²) >= 11 is 1.86. The second kappa shape index (κ2) is 24.8. The highest BCUT2D eigenvalue weighted by Gasteiger charge is 2.60. The Hall–Kier alpha value is -4.53. The van der Waals surface area contributed by atoms with Crippen LogP contribution in [0.3, 0.4) is 0 Å². The highest BCUT2D eigenvalue weighted by atomic mass is 32.2. The normalized spacial score (nSPS) is 32.2. The Morgan fingerprint density at radius 1 is 0.985 bits per heavy atom. The minimum absolute atomic E-state index is 0.0387. The van der Waals surface area contributed by atoms with Gasteiger partial charge in [0.15, 0.2) is 6.10 Å². The first-order valence-corrected chi connectivity index (χ1v) is 23.3. The Labute approximate surface area is 386 Å². The molecule has 3 aliphatic heterocycles. The molecular weight excluding hydrogens is 861 g/mol. The molecule has 4 rings (SSSR count). The molecular formula is C46H70N6O12S. The average molecular weight is 931 g/mol. The summed E-state index contributed by atoms with van der Waals surface area (Å²) in [6.07, 6.45) is 6.39. The van der Waals surface area contributed by atoms with Gasteiger partial charge in [0.2, 0.25) is 17.5 Å². The summed E-state index contributed by atoms with van der Waals surface area (Å²) in [7, 11) is 2.90. The number of aliphatic hydroxyl groups excluding tert-OH is 1. The number of allylic oxidation sites excluding steroid dienone is 4. The number of unbranched alkanes of at least 4 members (excludes halogenated alkanes) is 1. The van der Waals surface area contributed by atoms with E-state index in [0.29, 0.717) is 31.6 Å². The molecule has 0 saturated carbocycles. The number of rotatable bonds is 18. The minimum atomic E-state index is -1.02. The van der Waals surface area contributed by atoms with Crippen molar-refractivity contribution < 1.29 is 57.6 Å². The standard InChI is InChI=1S/C46H70N6O12S/c1-27-22-31-38(49-17-19-63-21-20-62-18-16-48-37(54)15-10-9-14-36-46(6)45(5,26-65-36)51-44(59)52-46)33(53)25-32(40(31)56)50-42(57)28(2)12-11-13-34(60-7)41(64-43(47)58)30(4)24-29(3)39(55)35(23-27)61-8/h11-13,24-25,27,29,34-36,39,41,49,55H,9-10,14-23,26H2,1-8H3,(H2,47,58)(H,48,54)(H,50,57)(H2,51,52,59)/b13-11-,28-12+,30-24+/t27-,29+,34+,35+,36?,39-,41+,45?,46?/m1/s1. The molecule has 9 atom stereocenters. The number of hydrogen-bond acceptors (Lipinski definition) is 14. The van der Waals surface area contributed by atoms with E-state index in [0.717, 1.165) is 31.1 Å². The number of Topliss-reactive ketones (excluding diaryl/α,β-unsaturated/α-hetero) is 1. The maximum atomic E-state index is 14.0. The number of carbonyl (C=O) groups is 6. The minimum Gasteiger partial charge on any atom is -0.439 e. The molecule has 0 aromatic carbocycles.